The van der Waals surface area contributed by atoms with Gasteiger partial charge in [-0.05, 0) is 57.7 Å². The molecular weight excluding hydrogens is 425 g/mol. The Hall–Kier alpha value is 0.451. The lowest BCUT2D eigenvalue weighted by atomic mass is 10.2. The molecule has 0 bridgehead atoms. The van der Waals surface area contributed by atoms with E-state index in [9.17, 15) is 5.11 Å². The molecule has 0 saturated carbocycles. The van der Waals surface area contributed by atoms with Gasteiger partial charge in [0.05, 0.1) is 12.7 Å². The smallest absolute Gasteiger partial charge is 0.173 e. The van der Waals surface area contributed by atoms with E-state index in [1.54, 1.807) is 0 Å². The van der Waals surface area contributed by atoms with E-state index >= 15 is 0 Å². The lowest BCUT2D eigenvalue weighted by Gasteiger charge is -2.35. The molecule has 0 amide bonds. The molecule has 180 valence electrons. The minimum atomic E-state index is -1.64. The number of aliphatic hydroxyl groups excluding tert-OH is 1. The van der Waals surface area contributed by atoms with Crippen molar-refractivity contribution in [2.75, 3.05) is 52.5 Å². The summed E-state index contributed by atoms with van der Waals surface area (Å²) in [7, 11) is -4.20. The summed E-state index contributed by atoms with van der Waals surface area (Å²) in [6.45, 7) is 26.6. The van der Waals surface area contributed by atoms with Crippen LogP contribution >= 0.6 is 0 Å². The molecule has 1 heterocycles. The summed E-state index contributed by atoms with van der Waals surface area (Å²) in [5, 5.41) is 10.3. The zero-order chi connectivity index (χ0) is 22.8. The fourth-order valence-electron chi connectivity index (χ4n) is 4.21. The topological polar surface area (TPSA) is 45.2 Å². The van der Waals surface area contributed by atoms with E-state index in [4.69, 9.17) is 8.85 Å². The van der Waals surface area contributed by atoms with Crippen molar-refractivity contribution < 1.29 is 14.0 Å². The van der Waals surface area contributed by atoms with Crippen LogP contribution in [0.5, 0.6) is 0 Å². The Morgan fingerprint density at radius 3 is 1.97 bits per heavy atom. The molecule has 1 unspecified atom stereocenters. The predicted octanol–water partition coefficient (Wildman–Crippen LogP) is 4.55. The van der Waals surface area contributed by atoms with Gasteiger partial charge >= 0.3 is 0 Å². The van der Waals surface area contributed by atoms with Gasteiger partial charge in [0.1, 0.15) is 0 Å². The average Bonchev–Trinajstić information content (AvgIpc) is 2.60. The molecule has 0 aromatic carbocycles. The van der Waals surface area contributed by atoms with Gasteiger partial charge in [-0.25, -0.2) is 0 Å². The fourth-order valence-corrected chi connectivity index (χ4v) is 17.4. The summed E-state index contributed by atoms with van der Waals surface area (Å²) in [6, 6.07) is 3.83. The molecule has 1 saturated heterocycles. The number of hydrogen-bond acceptors (Lipinski definition) is 5. The number of hydrogen-bond donors (Lipinski definition) is 1. The van der Waals surface area contributed by atoms with Gasteiger partial charge in [0.15, 0.2) is 16.6 Å². The molecule has 0 radical (unpaired) electrons. The molecule has 0 aromatic heterocycles. The first-order valence-electron chi connectivity index (χ1n) is 12.2. The van der Waals surface area contributed by atoms with Crippen LogP contribution in [0.3, 0.4) is 0 Å². The van der Waals surface area contributed by atoms with Gasteiger partial charge in [-0.2, -0.15) is 0 Å². The first-order valence-corrected chi connectivity index (χ1v) is 22.2. The highest BCUT2D eigenvalue weighted by molar-refractivity contribution is 6.86. The number of rotatable bonds is 15. The normalized spacial score (nSPS) is 18.7. The number of piperazine rings is 1. The summed E-state index contributed by atoms with van der Waals surface area (Å²) < 4.78 is 12.6. The van der Waals surface area contributed by atoms with Crippen LogP contribution in [0.2, 0.25) is 64.0 Å². The maximum atomic E-state index is 10.3. The van der Waals surface area contributed by atoms with Crippen LogP contribution in [0.4, 0.5) is 0 Å². The van der Waals surface area contributed by atoms with Crippen molar-refractivity contribution in [2.24, 2.45) is 0 Å². The lowest BCUT2D eigenvalue weighted by molar-refractivity contribution is 0.00726. The third kappa shape index (κ3) is 13.8. The maximum Gasteiger partial charge on any atom is 0.173 e. The second-order valence-corrected chi connectivity index (χ2v) is 26.1. The van der Waals surface area contributed by atoms with Crippen LogP contribution in [0.15, 0.2) is 0 Å². The summed E-state index contributed by atoms with van der Waals surface area (Å²) in [4.78, 5) is 4.89. The second-order valence-electron chi connectivity index (χ2n) is 11.7. The average molecular weight is 477 g/mol. The minimum absolute atomic E-state index is 0.378. The molecular formula is C22H52N2O3Si3. The summed E-state index contributed by atoms with van der Waals surface area (Å²) >= 11 is 0. The largest absolute Gasteiger partial charge is 0.456 e. The number of β-amino-alcohol motifs (C(OH)–C–C–N with tert-alkyl or cyclic N) is 1. The first-order chi connectivity index (χ1) is 13.8. The van der Waals surface area contributed by atoms with Crippen molar-refractivity contribution in [1.82, 2.24) is 9.80 Å². The van der Waals surface area contributed by atoms with Crippen molar-refractivity contribution in [3.05, 3.63) is 0 Å². The fraction of sp³-hybridized carbons (Fsp3) is 1.00. The van der Waals surface area contributed by atoms with Crippen LogP contribution < -0.4 is 0 Å². The van der Waals surface area contributed by atoms with E-state index in [2.05, 4.69) is 62.6 Å². The molecule has 0 aliphatic carbocycles. The SMILES string of the molecule is CCCN1CCN(CC(O)COCCC[Si](C)(C)O[Si](C)(C)CC[Si](C)(C)C)CC1. The molecule has 1 rings (SSSR count). The van der Waals surface area contributed by atoms with E-state index in [1.807, 2.05) is 0 Å². The van der Waals surface area contributed by atoms with Gasteiger partial charge in [0.2, 0.25) is 0 Å². The Morgan fingerprint density at radius 2 is 1.40 bits per heavy atom. The molecule has 5 nitrogen and oxygen atoms in total. The summed E-state index contributed by atoms with van der Waals surface area (Å²) in [6.07, 6.45) is 1.89. The van der Waals surface area contributed by atoms with Crippen LogP contribution in [0.1, 0.15) is 19.8 Å². The van der Waals surface area contributed by atoms with E-state index < -0.39 is 24.7 Å². The molecule has 1 N–H and O–H groups in total. The molecule has 1 aliphatic rings. The van der Waals surface area contributed by atoms with Gasteiger partial charge in [0, 0.05) is 47.4 Å². The van der Waals surface area contributed by atoms with Gasteiger partial charge < -0.3 is 18.9 Å². The van der Waals surface area contributed by atoms with Crippen molar-refractivity contribution in [3.63, 3.8) is 0 Å². The van der Waals surface area contributed by atoms with E-state index in [1.165, 1.54) is 25.1 Å². The number of aliphatic hydroxyl groups is 1. The molecule has 1 fully saturated rings. The maximum absolute atomic E-state index is 10.3. The van der Waals surface area contributed by atoms with Gasteiger partial charge in [-0.3, -0.25) is 4.90 Å². The zero-order valence-electron chi connectivity index (χ0n) is 21.4. The molecule has 30 heavy (non-hydrogen) atoms. The predicted molar refractivity (Wildman–Crippen MR) is 138 cm³/mol. The summed E-state index contributed by atoms with van der Waals surface area (Å²) in [5.74, 6) is 0. The Balaban J connectivity index is 2.17. The van der Waals surface area contributed by atoms with E-state index in [-0.39, 0.29) is 6.10 Å². The number of ether oxygens (including phenoxy) is 1. The number of nitrogens with zero attached hydrogens (tertiary/aromatic N) is 2. The molecule has 0 aromatic rings. The lowest BCUT2D eigenvalue weighted by Crippen LogP contribution is -2.49. The van der Waals surface area contributed by atoms with Gasteiger partial charge in [-0.15, -0.1) is 0 Å². The Kier molecular flexibility index (Phi) is 12.6. The third-order valence-electron chi connectivity index (χ3n) is 5.88. The molecule has 1 atom stereocenters. The standard InChI is InChI=1S/C22H52N2O3Si3/c1-9-11-23-12-14-24(15-13-23)20-22(25)21-26-16-10-17-29(5,6)27-30(7,8)19-18-28(2,3)4/h22,25H,9-21H2,1-8H3. The van der Waals surface area contributed by atoms with Gasteiger partial charge in [-0.1, -0.05) is 32.6 Å². The van der Waals surface area contributed by atoms with Crippen molar-refractivity contribution in [2.45, 2.75) is 89.8 Å². The Bertz CT molecular complexity index is 465. The van der Waals surface area contributed by atoms with Crippen LogP contribution in [-0.4, -0.2) is 98.2 Å². The van der Waals surface area contributed by atoms with Crippen molar-refractivity contribution in [1.29, 1.82) is 0 Å². The molecule has 8 heteroatoms. The molecule has 1 aliphatic heterocycles. The minimum Gasteiger partial charge on any atom is -0.456 e. The molecule has 0 spiro atoms. The first kappa shape index (κ1) is 28.5. The van der Waals surface area contributed by atoms with Crippen LogP contribution in [0, 0.1) is 0 Å². The van der Waals surface area contributed by atoms with E-state index in [0.717, 1.165) is 51.8 Å². The van der Waals surface area contributed by atoms with Crippen LogP contribution in [-0.2, 0) is 8.85 Å². The third-order valence-corrected chi connectivity index (χ3v) is 15.6. The van der Waals surface area contributed by atoms with E-state index in [0.29, 0.717) is 6.61 Å². The highest BCUT2D eigenvalue weighted by Crippen LogP contribution is 2.26. The Labute approximate surface area is 190 Å². The quantitative estimate of drug-likeness (QED) is 0.277. The Morgan fingerprint density at radius 1 is 0.833 bits per heavy atom. The summed E-state index contributed by atoms with van der Waals surface area (Å²) in [5.41, 5.74) is 0. The monoisotopic (exact) mass is 476 g/mol. The highest BCUT2D eigenvalue weighted by Gasteiger charge is 2.33. The zero-order valence-corrected chi connectivity index (χ0v) is 24.4. The second kappa shape index (κ2) is 13.2. The van der Waals surface area contributed by atoms with Crippen molar-refractivity contribution >= 4 is 24.7 Å². The van der Waals surface area contributed by atoms with Crippen LogP contribution in [0.25, 0.3) is 0 Å². The highest BCUT2D eigenvalue weighted by atomic mass is 28.4. The van der Waals surface area contributed by atoms with Gasteiger partial charge in [0.25, 0.3) is 0 Å². The van der Waals surface area contributed by atoms with Crippen molar-refractivity contribution in [3.8, 4) is 0 Å².